The van der Waals surface area contributed by atoms with Gasteiger partial charge in [-0.05, 0) is 34.6 Å². The number of methoxy groups -OCH3 is 2. The van der Waals surface area contributed by atoms with Gasteiger partial charge in [-0.1, -0.05) is 6.08 Å². The fourth-order valence-corrected chi connectivity index (χ4v) is 2.76. The van der Waals surface area contributed by atoms with Crippen molar-refractivity contribution in [2.24, 2.45) is 0 Å². The monoisotopic (exact) mass is 375 g/mol. The minimum Gasteiger partial charge on any atom is -0.444 e. The lowest BCUT2D eigenvalue weighted by Gasteiger charge is -2.39. The molecule has 3 atom stereocenters. The average molecular weight is 375 g/mol. The van der Waals surface area contributed by atoms with Crippen molar-refractivity contribution in [3.05, 3.63) is 12.7 Å². The molecule has 1 fully saturated rings. The van der Waals surface area contributed by atoms with E-state index < -0.39 is 35.7 Å². The first kappa shape index (κ1) is 22.9. The molecule has 1 amide bonds. The molecule has 0 aromatic rings. The molecule has 0 unspecified atom stereocenters. The normalized spacial score (nSPS) is 22.1. The molecule has 8 nitrogen and oxygen atoms in total. The maximum atomic E-state index is 12.8. The van der Waals surface area contributed by atoms with Crippen LogP contribution in [0.1, 0.15) is 34.6 Å². The number of hydrogen-bond acceptors (Lipinski definition) is 7. The van der Waals surface area contributed by atoms with Gasteiger partial charge in [0.1, 0.15) is 37.1 Å². The molecule has 1 rings (SSSR count). The lowest BCUT2D eigenvalue weighted by Crippen LogP contribution is -2.56. The smallest absolute Gasteiger partial charge is 0.412 e. The van der Waals surface area contributed by atoms with E-state index in [4.69, 9.17) is 28.4 Å². The maximum Gasteiger partial charge on any atom is 0.412 e. The van der Waals surface area contributed by atoms with Crippen molar-refractivity contribution < 1.29 is 33.2 Å². The summed E-state index contributed by atoms with van der Waals surface area (Å²) in [6.45, 7) is 13.2. The first-order chi connectivity index (χ1) is 12.1. The van der Waals surface area contributed by atoms with E-state index in [0.717, 1.165) is 0 Å². The Morgan fingerprint density at radius 1 is 1.27 bits per heavy atom. The molecule has 1 saturated heterocycles. The number of carbonyl (C=O) groups excluding carboxylic acids is 1. The van der Waals surface area contributed by atoms with E-state index in [2.05, 4.69) is 6.58 Å². The zero-order valence-electron chi connectivity index (χ0n) is 16.9. The largest absolute Gasteiger partial charge is 0.444 e. The molecule has 0 aromatic heterocycles. The molecule has 0 aromatic carbocycles. The number of nitrogens with zero attached hydrogens (tertiary/aromatic N) is 1. The van der Waals surface area contributed by atoms with Crippen LogP contribution in [0.3, 0.4) is 0 Å². The summed E-state index contributed by atoms with van der Waals surface area (Å²) < 4.78 is 32.9. The van der Waals surface area contributed by atoms with Crippen LogP contribution in [0, 0.1) is 0 Å². The summed E-state index contributed by atoms with van der Waals surface area (Å²) in [5.74, 6) is 0. The van der Waals surface area contributed by atoms with Crippen molar-refractivity contribution in [3.63, 3.8) is 0 Å². The molecule has 0 radical (unpaired) electrons. The molecule has 0 N–H and O–H groups in total. The molecule has 0 bridgehead atoms. The zero-order chi connectivity index (χ0) is 20.0. The minimum atomic E-state index is -0.853. The highest BCUT2D eigenvalue weighted by Crippen LogP contribution is 2.33. The van der Waals surface area contributed by atoms with E-state index in [-0.39, 0.29) is 20.2 Å². The van der Waals surface area contributed by atoms with E-state index >= 15 is 0 Å². The van der Waals surface area contributed by atoms with Crippen LogP contribution >= 0.6 is 0 Å². The number of amides is 1. The summed E-state index contributed by atoms with van der Waals surface area (Å²) in [6.07, 6.45) is 0.0257. The van der Waals surface area contributed by atoms with Crippen LogP contribution in [0.2, 0.25) is 0 Å². The second-order valence-electron chi connectivity index (χ2n) is 7.49. The number of carbonyl (C=O) groups is 1. The van der Waals surface area contributed by atoms with Gasteiger partial charge in [0.2, 0.25) is 0 Å². The first-order valence-corrected chi connectivity index (χ1v) is 8.57. The fourth-order valence-electron chi connectivity index (χ4n) is 2.76. The summed E-state index contributed by atoms with van der Waals surface area (Å²) in [5, 5.41) is 0. The Bertz CT molecular complexity index is 461. The summed E-state index contributed by atoms with van der Waals surface area (Å²) in [7, 11) is 3.05. The molecule has 8 heteroatoms. The predicted octanol–water partition coefficient (Wildman–Crippen LogP) is 2.52. The summed E-state index contributed by atoms with van der Waals surface area (Å²) in [5.41, 5.74) is -1.48. The Morgan fingerprint density at radius 2 is 1.85 bits per heavy atom. The van der Waals surface area contributed by atoms with Gasteiger partial charge >= 0.3 is 6.09 Å². The van der Waals surface area contributed by atoms with Crippen molar-refractivity contribution in [1.29, 1.82) is 0 Å². The van der Waals surface area contributed by atoms with E-state index in [9.17, 15) is 4.79 Å². The Morgan fingerprint density at radius 3 is 2.35 bits per heavy atom. The summed E-state index contributed by atoms with van der Waals surface area (Å²) in [6, 6.07) is -0.449. The second-order valence-corrected chi connectivity index (χ2v) is 7.49. The van der Waals surface area contributed by atoms with Gasteiger partial charge in [0, 0.05) is 14.2 Å². The molecule has 1 heterocycles. The molecule has 26 heavy (non-hydrogen) atoms. The molecule has 152 valence electrons. The van der Waals surface area contributed by atoms with Crippen LogP contribution in [0.15, 0.2) is 12.7 Å². The van der Waals surface area contributed by atoms with Crippen LogP contribution in [-0.2, 0) is 28.4 Å². The molecule has 0 aliphatic carbocycles. The third-order valence-electron chi connectivity index (χ3n) is 3.80. The van der Waals surface area contributed by atoms with Gasteiger partial charge in [0.15, 0.2) is 0 Å². The van der Waals surface area contributed by atoms with E-state index in [1.807, 2.05) is 34.6 Å². The van der Waals surface area contributed by atoms with Crippen LogP contribution < -0.4 is 0 Å². The lowest BCUT2D eigenvalue weighted by molar-refractivity contribution is -0.160. The number of rotatable bonds is 9. The van der Waals surface area contributed by atoms with Gasteiger partial charge in [-0.25, -0.2) is 4.79 Å². The number of ether oxygens (including phenoxy) is 6. The third-order valence-corrected chi connectivity index (χ3v) is 3.80. The van der Waals surface area contributed by atoms with E-state index in [0.29, 0.717) is 0 Å². The molecule has 1 aliphatic heterocycles. The predicted molar refractivity (Wildman–Crippen MR) is 95.6 cm³/mol. The Labute approximate surface area is 156 Å². The van der Waals surface area contributed by atoms with Crippen LogP contribution in [0.5, 0.6) is 0 Å². The van der Waals surface area contributed by atoms with Crippen LogP contribution in [0.25, 0.3) is 0 Å². The van der Waals surface area contributed by atoms with Gasteiger partial charge in [-0.15, -0.1) is 6.58 Å². The van der Waals surface area contributed by atoms with E-state index in [1.165, 1.54) is 14.2 Å². The van der Waals surface area contributed by atoms with Crippen molar-refractivity contribution in [1.82, 2.24) is 4.90 Å². The third kappa shape index (κ3) is 6.21. The Kier molecular flexibility index (Phi) is 8.49. The highest BCUT2D eigenvalue weighted by atomic mass is 16.7. The Hall–Kier alpha value is -1.19. The molecular formula is C18H33NO7. The highest BCUT2D eigenvalue weighted by molar-refractivity contribution is 5.70. The summed E-state index contributed by atoms with van der Waals surface area (Å²) >= 11 is 0. The number of hydrogen-bond donors (Lipinski definition) is 0. The second kappa shape index (κ2) is 9.66. The molecular weight excluding hydrogens is 342 g/mol. The van der Waals surface area contributed by atoms with Crippen LogP contribution in [0.4, 0.5) is 4.79 Å². The van der Waals surface area contributed by atoms with Gasteiger partial charge in [0.25, 0.3) is 0 Å². The van der Waals surface area contributed by atoms with Gasteiger partial charge in [0.05, 0.1) is 12.6 Å². The molecule has 1 aliphatic rings. The average Bonchev–Trinajstić information content (AvgIpc) is 2.84. The van der Waals surface area contributed by atoms with Crippen LogP contribution in [-0.4, -0.2) is 75.0 Å². The SMILES string of the molecule is C=C[C@H](OCOC)[C@@H](OCOC)[C@@H]1COC(C)(C)N1C(=O)OC(C)(C)C. The first-order valence-electron chi connectivity index (χ1n) is 8.57. The topological polar surface area (TPSA) is 75.7 Å². The van der Waals surface area contributed by atoms with E-state index in [1.54, 1.807) is 11.0 Å². The van der Waals surface area contributed by atoms with Gasteiger partial charge < -0.3 is 28.4 Å². The standard InChI is InChI=1S/C18H33NO7/c1-9-14(23-11-21-7)15(24-12-22-8)13-10-25-18(5,6)19(13)16(20)26-17(2,3)4/h9,13-15H,1,10-12H2,2-8H3/t13-,14-,15-/m0/s1. The van der Waals surface area contributed by atoms with Crippen molar-refractivity contribution in [3.8, 4) is 0 Å². The minimum absolute atomic E-state index is 0.0322. The molecule has 0 spiro atoms. The van der Waals surface area contributed by atoms with Crippen molar-refractivity contribution in [2.75, 3.05) is 34.4 Å². The fraction of sp³-hybridized carbons (Fsp3) is 0.833. The quantitative estimate of drug-likeness (QED) is 0.453. The van der Waals surface area contributed by atoms with Gasteiger partial charge in [-0.3, -0.25) is 4.90 Å². The maximum absolute atomic E-state index is 12.8. The lowest BCUT2D eigenvalue weighted by atomic mass is 10.0. The molecule has 0 saturated carbocycles. The van der Waals surface area contributed by atoms with Gasteiger partial charge in [-0.2, -0.15) is 0 Å². The summed E-state index contributed by atoms with van der Waals surface area (Å²) in [4.78, 5) is 14.4. The highest BCUT2D eigenvalue weighted by Gasteiger charge is 2.50. The van der Waals surface area contributed by atoms with Crippen molar-refractivity contribution >= 4 is 6.09 Å². The zero-order valence-corrected chi connectivity index (χ0v) is 16.9. The Balaban J connectivity index is 3.11. The van der Waals surface area contributed by atoms with Crippen molar-refractivity contribution in [2.45, 2.75) is 64.2 Å².